The minimum atomic E-state index is -0.0233. The first-order valence-corrected chi connectivity index (χ1v) is 12.3. The summed E-state index contributed by atoms with van der Waals surface area (Å²) in [6, 6.07) is 18.3. The molecule has 9 heteroatoms. The number of piperidine rings is 1. The van der Waals surface area contributed by atoms with Crippen molar-refractivity contribution in [3.63, 3.8) is 0 Å². The van der Waals surface area contributed by atoms with Crippen molar-refractivity contribution in [2.24, 2.45) is 0 Å². The molecule has 0 radical (unpaired) electrons. The third-order valence-corrected chi connectivity index (χ3v) is 6.79. The molecule has 1 amide bonds. The molecule has 0 unspecified atom stereocenters. The predicted octanol–water partition coefficient (Wildman–Crippen LogP) is 3.17. The minimum absolute atomic E-state index is 0.0233. The number of nitrogens with zero attached hydrogens (tertiary/aromatic N) is 5. The van der Waals surface area contributed by atoms with Crippen molar-refractivity contribution < 1.29 is 9.53 Å². The monoisotopic (exact) mass is 466 g/mol. The number of benzene rings is 2. The number of amides is 1. The Bertz CT molecular complexity index is 1010. The summed E-state index contributed by atoms with van der Waals surface area (Å²) in [5.41, 5.74) is 2.30. The lowest BCUT2D eigenvalue weighted by Crippen LogP contribution is -2.41. The van der Waals surface area contributed by atoms with E-state index in [0.29, 0.717) is 18.2 Å². The third kappa shape index (κ3) is 6.55. The Hall–Kier alpha value is -2.91. The second kappa shape index (κ2) is 11.8. The van der Waals surface area contributed by atoms with Crippen LogP contribution in [0.5, 0.6) is 5.75 Å². The number of aromatic nitrogens is 4. The van der Waals surface area contributed by atoms with E-state index in [1.54, 1.807) is 11.8 Å². The van der Waals surface area contributed by atoms with Gasteiger partial charge in [-0.3, -0.25) is 9.69 Å². The average molecular weight is 467 g/mol. The van der Waals surface area contributed by atoms with E-state index in [9.17, 15) is 4.79 Å². The summed E-state index contributed by atoms with van der Waals surface area (Å²) in [6.45, 7) is 3.25. The fourth-order valence-electron chi connectivity index (χ4n) is 4.06. The molecule has 2 aromatic carbocycles. The molecule has 1 N–H and O–H groups in total. The number of likely N-dealkylation sites (tertiary alicyclic amines) is 1. The van der Waals surface area contributed by atoms with Crippen LogP contribution in [0.3, 0.4) is 0 Å². The Labute approximate surface area is 198 Å². The maximum atomic E-state index is 12.7. The summed E-state index contributed by atoms with van der Waals surface area (Å²) in [5, 5.41) is 15.7. The highest BCUT2D eigenvalue weighted by molar-refractivity contribution is 7.99. The molecule has 0 aliphatic carbocycles. The molecular weight excluding hydrogens is 436 g/mol. The molecule has 0 saturated carbocycles. The molecule has 174 valence electrons. The van der Waals surface area contributed by atoms with Gasteiger partial charge in [0.15, 0.2) is 0 Å². The molecular formula is C24H30N6O2S. The normalized spacial score (nSPS) is 15.2. The maximum Gasteiger partial charge on any atom is 0.230 e. The van der Waals surface area contributed by atoms with Crippen molar-refractivity contribution in [1.82, 2.24) is 30.4 Å². The van der Waals surface area contributed by atoms with Gasteiger partial charge in [-0.2, -0.15) is 0 Å². The van der Waals surface area contributed by atoms with Crippen LogP contribution in [0, 0.1) is 0 Å². The van der Waals surface area contributed by atoms with Crippen molar-refractivity contribution in [2.45, 2.75) is 37.0 Å². The van der Waals surface area contributed by atoms with Gasteiger partial charge >= 0.3 is 0 Å². The molecule has 1 aliphatic heterocycles. The first kappa shape index (κ1) is 23.3. The zero-order valence-corrected chi connectivity index (χ0v) is 19.7. The zero-order valence-electron chi connectivity index (χ0n) is 18.9. The number of carbonyl (C=O) groups excluding carboxylic acids is 1. The van der Waals surface area contributed by atoms with Gasteiger partial charge in [0.05, 0.1) is 25.4 Å². The van der Waals surface area contributed by atoms with Crippen LogP contribution in [-0.4, -0.2) is 63.5 Å². The van der Waals surface area contributed by atoms with Crippen LogP contribution in [0.4, 0.5) is 0 Å². The Kier molecular flexibility index (Phi) is 8.32. The second-order valence-electron chi connectivity index (χ2n) is 8.08. The summed E-state index contributed by atoms with van der Waals surface area (Å²) in [5.74, 6) is 1.08. The van der Waals surface area contributed by atoms with Crippen molar-refractivity contribution in [2.75, 3.05) is 32.5 Å². The number of hydrogen-bond acceptors (Lipinski definition) is 7. The fraction of sp³-hybridized carbons (Fsp3) is 0.417. The third-order valence-electron chi connectivity index (χ3n) is 5.83. The summed E-state index contributed by atoms with van der Waals surface area (Å²) in [6.07, 6.45) is 3.66. The lowest BCUT2D eigenvalue weighted by Gasteiger charge is -2.35. The molecule has 0 spiro atoms. The average Bonchev–Trinajstić information content (AvgIpc) is 3.31. The lowest BCUT2D eigenvalue weighted by molar-refractivity contribution is -0.118. The molecule has 0 bridgehead atoms. The highest BCUT2D eigenvalue weighted by Crippen LogP contribution is 2.26. The van der Waals surface area contributed by atoms with Gasteiger partial charge < -0.3 is 10.1 Å². The number of carbonyl (C=O) groups is 1. The van der Waals surface area contributed by atoms with Gasteiger partial charge in [0.1, 0.15) is 5.75 Å². The van der Waals surface area contributed by atoms with Gasteiger partial charge in [-0.05, 0) is 59.6 Å². The number of nitrogens with one attached hydrogen (secondary N) is 1. The van der Waals surface area contributed by atoms with Crippen LogP contribution in [0.2, 0.25) is 0 Å². The van der Waals surface area contributed by atoms with E-state index in [4.69, 9.17) is 4.74 Å². The lowest BCUT2D eigenvalue weighted by atomic mass is 10.0. The van der Waals surface area contributed by atoms with Crippen LogP contribution >= 0.6 is 11.8 Å². The van der Waals surface area contributed by atoms with Gasteiger partial charge in [-0.15, -0.1) is 5.10 Å². The van der Waals surface area contributed by atoms with Crippen molar-refractivity contribution in [3.8, 4) is 5.75 Å². The number of hydrogen-bond donors (Lipinski definition) is 1. The van der Waals surface area contributed by atoms with Crippen LogP contribution in [0.15, 0.2) is 59.8 Å². The molecule has 1 saturated heterocycles. The first-order chi connectivity index (χ1) is 16.2. The molecule has 4 rings (SSSR count). The van der Waals surface area contributed by atoms with E-state index in [2.05, 4.69) is 37.9 Å². The largest absolute Gasteiger partial charge is 0.497 e. The van der Waals surface area contributed by atoms with E-state index < -0.39 is 0 Å². The van der Waals surface area contributed by atoms with Crippen LogP contribution in [0.1, 0.15) is 36.4 Å². The van der Waals surface area contributed by atoms with Gasteiger partial charge in [0, 0.05) is 6.54 Å². The topological polar surface area (TPSA) is 85.2 Å². The fourth-order valence-corrected chi connectivity index (χ4v) is 4.77. The Balaban J connectivity index is 1.33. The molecule has 2 heterocycles. The number of thioether (sulfide) groups is 1. The summed E-state index contributed by atoms with van der Waals surface area (Å²) >= 11 is 1.35. The molecule has 1 atom stereocenters. The second-order valence-corrected chi connectivity index (χ2v) is 9.03. The molecule has 1 aromatic heterocycles. The summed E-state index contributed by atoms with van der Waals surface area (Å²) in [7, 11) is 1.67. The summed E-state index contributed by atoms with van der Waals surface area (Å²) in [4.78, 5) is 15.1. The Morgan fingerprint density at radius 2 is 1.85 bits per heavy atom. The Morgan fingerprint density at radius 1 is 1.09 bits per heavy atom. The maximum absolute atomic E-state index is 12.7. The van der Waals surface area contributed by atoms with E-state index >= 15 is 0 Å². The van der Waals surface area contributed by atoms with E-state index in [1.807, 2.05) is 42.5 Å². The van der Waals surface area contributed by atoms with Gasteiger partial charge in [0.2, 0.25) is 11.1 Å². The van der Waals surface area contributed by atoms with E-state index in [0.717, 1.165) is 24.4 Å². The van der Waals surface area contributed by atoms with Gasteiger partial charge in [0.25, 0.3) is 0 Å². The van der Waals surface area contributed by atoms with Crippen molar-refractivity contribution in [1.29, 1.82) is 0 Å². The van der Waals surface area contributed by atoms with E-state index in [-0.39, 0.29) is 17.7 Å². The minimum Gasteiger partial charge on any atom is -0.497 e. The van der Waals surface area contributed by atoms with Crippen LogP contribution in [-0.2, 0) is 11.3 Å². The molecule has 8 nitrogen and oxygen atoms in total. The van der Waals surface area contributed by atoms with Crippen LogP contribution in [0.25, 0.3) is 0 Å². The Morgan fingerprint density at radius 3 is 2.58 bits per heavy atom. The SMILES string of the molecule is COc1ccc([C@H](CNC(=O)CSc2nnnn2Cc2ccccc2)N2CCCCC2)cc1. The summed E-state index contributed by atoms with van der Waals surface area (Å²) < 4.78 is 7.03. The molecule has 3 aromatic rings. The van der Waals surface area contributed by atoms with Crippen molar-refractivity contribution in [3.05, 3.63) is 65.7 Å². The highest BCUT2D eigenvalue weighted by atomic mass is 32.2. The number of tetrazole rings is 1. The molecule has 1 aliphatic rings. The van der Waals surface area contributed by atoms with E-state index in [1.165, 1.54) is 36.6 Å². The van der Waals surface area contributed by atoms with Gasteiger partial charge in [-0.25, -0.2) is 4.68 Å². The smallest absolute Gasteiger partial charge is 0.230 e. The zero-order chi connectivity index (χ0) is 22.9. The molecule has 33 heavy (non-hydrogen) atoms. The number of methoxy groups -OCH3 is 1. The predicted molar refractivity (Wildman–Crippen MR) is 128 cm³/mol. The quantitative estimate of drug-likeness (QED) is 0.460. The number of rotatable bonds is 10. The van der Waals surface area contributed by atoms with Crippen LogP contribution < -0.4 is 10.1 Å². The molecule has 1 fully saturated rings. The number of ether oxygens (including phenoxy) is 1. The first-order valence-electron chi connectivity index (χ1n) is 11.3. The van der Waals surface area contributed by atoms with Crippen molar-refractivity contribution >= 4 is 17.7 Å². The highest BCUT2D eigenvalue weighted by Gasteiger charge is 2.23. The van der Waals surface area contributed by atoms with Gasteiger partial charge in [-0.1, -0.05) is 60.6 Å². The standard InChI is InChI=1S/C24H30N6O2S/c1-32-21-12-10-20(11-13-21)22(29-14-6-3-7-15-29)16-25-23(31)18-33-24-26-27-28-30(24)17-19-8-4-2-5-9-19/h2,4-5,8-13,22H,3,6-7,14-18H2,1H3,(H,25,31)/t22-/m0/s1.